The van der Waals surface area contributed by atoms with Crippen LogP contribution in [0.4, 0.5) is 5.82 Å². The van der Waals surface area contributed by atoms with Crippen LogP contribution in [0.2, 0.25) is 5.02 Å². The summed E-state index contributed by atoms with van der Waals surface area (Å²) in [5, 5.41) is 13.2. The molecule has 3 aromatic carbocycles. The molecular formula is C32H29ClN4O2. The highest BCUT2D eigenvalue weighted by molar-refractivity contribution is 6.30. The van der Waals surface area contributed by atoms with Gasteiger partial charge in [0.05, 0.1) is 11.6 Å². The highest BCUT2D eigenvalue weighted by Crippen LogP contribution is 2.45. The third-order valence-electron chi connectivity index (χ3n) is 7.58. The summed E-state index contributed by atoms with van der Waals surface area (Å²) in [6.45, 7) is 6.36. The summed E-state index contributed by atoms with van der Waals surface area (Å²) in [4.78, 5) is 17.5. The Morgan fingerprint density at radius 3 is 2.46 bits per heavy atom. The Hall–Kier alpha value is -4.18. The summed E-state index contributed by atoms with van der Waals surface area (Å²) >= 11 is 6.13. The van der Waals surface area contributed by atoms with Crippen molar-refractivity contribution < 1.29 is 9.53 Å². The van der Waals surface area contributed by atoms with Gasteiger partial charge in [-0.05, 0) is 88.7 Å². The fourth-order valence-corrected chi connectivity index (χ4v) is 5.73. The van der Waals surface area contributed by atoms with Gasteiger partial charge in [-0.25, -0.2) is 4.98 Å². The van der Waals surface area contributed by atoms with Crippen LogP contribution in [0.3, 0.4) is 0 Å². The lowest BCUT2D eigenvalue weighted by Gasteiger charge is -2.32. The summed E-state index contributed by atoms with van der Waals surface area (Å²) in [5.74, 6) is 0.325. The molecule has 0 unspecified atom stereocenters. The van der Waals surface area contributed by atoms with Crippen LogP contribution in [0.1, 0.15) is 73.9 Å². The van der Waals surface area contributed by atoms with E-state index < -0.39 is 0 Å². The molecular weight excluding hydrogens is 508 g/mol. The number of hydrogen-bond donors (Lipinski definition) is 2. The second-order valence-electron chi connectivity index (χ2n) is 9.94. The molecule has 0 aliphatic heterocycles. The number of nitrogens with zero attached hydrogens (tertiary/aromatic N) is 2. The van der Waals surface area contributed by atoms with Gasteiger partial charge in [0.15, 0.2) is 0 Å². The fraction of sp³-hybridized carbons (Fsp3) is 0.219. The van der Waals surface area contributed by atoms with Crippen molar-refractivity contribution in [3.05, 3.63) is 116 Å². The molecule has 39 heavy (non-hydrogen) atoms. The van der Waals surface area contributed by atoms with E-state index in [0.717, 1.165) is 50.2 Å². The number of nitrogens with one attached hydrogen (secondary N) is 1. The lowest BCUT2D eigenvalue weighted by atomic mass is 9.76. The summed E-state index contributed by atoms with van der Waals surface area (Å²) in [7, 11) is 1.70. The summed E-state index contributed by atoms with van der Waals surface area (Å²) in [6.07, 6.45) is -0.260. The van der Waals surface area contributed by atoms with Crippen LogP contribution in [0, 0.1) is 25.2 Å². The molecule has 5 rings (SSSR count). The summed E-state index contributed by atoms with van der Waals surface area (Å²) in [5.41, 5.74) is 15.7. The maximum Gasteiger partial charge on any atom is 0.251 e. The normalized spacial score (nSPS) is 15.7. The number of fused-ring (bicyclic) bond motifs is 2. The number of nitriles is 1. The highest BCUT2D eigenvalue weighted by atomic mass is 35.5. The van der Waals surface area contributed by atoms with Crippen molar-refractivity contribution in [1.82, 2.24) is 10.3 Å². The van der Waals surface area contributed by atoms with Gasteiger partial charge >= 0.3 is 0 Å². The van der Waals surface area contributed by atoms with E-state index in [9.17, 15) is 10.1 Å². The number of rotatable bonds is 5. The summed E-state index contributed by atoms with van der Waals surface area (Å²) in [6, 6.07) is 21.4. The number of nitrogen functional groups attached to an aromatic ring is 1. The van der Waals surface area contributed by atoms with Crippen LogP contribution in [0.5, 0.6) is 0 Å². The van der Waals surface area contributed by atoms with Crippen LogP contribution in [-0.4, -0.2) is 18.0 Å². The molecule has 4 aromatic rings. The van der Waals surface area contributed by atoms with Crippen molar-refractivity contribution in [2.45, 2.75) is 39.3 Å². The molecule has 3 N–H and O–H groups in total. The smallest absolute Gasteiger partial charge is 0.251 e. The predicted octanol–water partition coefficient (Wildman–Crippen LogP) is 6.60. The third kappa shape index (κ3) is 4.87. The number of amides is 1. The zero-order valence-corrected chi connectivity index (χ0v) is 23.1. The first-order chi connectivity index (χ1) is 18.7. The molecule has 0 spiro atoms. The van der Waals surface area contributed by atoms with Crippen LogP contribution >= 0.6 is 11.6 Å². The quantitative estimate of drug-likeness (QED) is 0.299. The average molecular weight is 537 g/mol. The SMILES string of the molecule is CO[C@@H]1c2ccc(C(=O)NCc3c(C)cc(N)nc3C)cc2[C@H](C)c2cc(-c3ccc(Cl)cc3C#N)ccc21. The minimum atomic E-state index is -0.260. The molecule has 1 aliphatic rings. The summed E-state index contributed by atoms with van der Waals surface area (Å²) < 4.78 is 5.95. The van der Waals surface area contributed by atoms with E-state index in [1.807, 2.05) is 50.2 Å². The van der Waals surface area contributed by atoms with E-state index in [1.54, 1.807) is 19.2 Å². The Kier molecular flexibility index (Phi) is 7.14. The lowest BCUT2D eigenvalue weighted by molar-refractivity contribution is 0.0950. The van der Waals surface area contributed by atoms with Gasteiger partial charge in [0, 0.05) is 35.9 Å². The number of pyridine rings is 1. The molecule has 1 aliphatic carbocycles. The van der Waals surface area contributed by atoms with Gasteiger partial charge in [0.2, 0.25) is 0 Å². The van der Waals surface area contributed by atoms with Gasteiger partial charge in [-0.15, -0.1) is 0 Å². The van der Waals surface area contributed by atoms with Gasteiger partial charge in [0.1, 0.15) is 11.9 Å². The topological polar surface area (TPSA) is 101 Å². The van der Waals surface area contributed by atoms with E-state index in [0.29, 0.717) is 28.5 Å². The number of aromatic nitrogens is 1. The average Bonchev–Trinajstić information content (AvgIpc) is 2.92. The number of aryl methyl sites for hydroxylation is 2. The van der Waals surface area contributed by atoms with Crippen LogP contribution < -0.4 is 11.1 Å². The van der Waals surface area contributed by atoms with Gasteiger partial charge < -0.3 is 15.8 Å². The van der Waals surface area contributed by atoms with Crippen molar-refractivity contribution in [3.63, 3.8) is 0 Å². The van der Waals surface area contributed by atoms with Crippen LogP contribution in [0.25, 0.3) is 11.1 Å². The number of benzene rings is 3. The Morgan fingerprint density at radius 2 is 1.77 bits per heavy atom. The molecule has 0 saturated carbocycles. The monoisotopic (exact) mass is 536 g/mol. The zero-order chi connectivity index (χ0) is 27.8. The van der Waals surface area contributed by atoms with Crippen LogP contribution in [-0.2, 0) is 11.3 Å². The Bertz CT molecular complexity index is 1630. The molecule has 7 heteroatoms. The number of carbonyl (C=O) groups excluding carboxylic acids is 1. The molecule has 0 saturated heterocycles. The third-order valence-corrected chi connectivity index (χ3v) is 7.82. The first-order valence-corrected chi connectivity index (χ1v) is 13.1. The molecule has 1 heterocycles. The van der Waals surface area contributed by atoms with Crippen molar-refractivity contribution >= 4 is 23.3 Å². The molecule has 0 bridgehead atoms. The number of halogens is 1. The Labute approximate surface area is 233 Å². The fourth-order valence-electron chi connectivity index (χ4n) is 5.56. The molecule has 2 atom stereocenters. The number of nitrogens with two attached hydrogens (primary N) is 1. The van der Waals surface area contributed by atoms with Crippen molar-refractivity contribution in [2.24, 2.45) is 0 Å². The van der Waals surface area contributed by atoms with E-state index in [4.69, 9.17) is 22.1 Å². The number of methoxy groups -OCH3 is 1. The number of hydrogen-bond acceptors (Lipinski definition) is 5. The van der Waals surface area contributed by atoms with E-state index in [-0.39, 0.29) is 17.9 Å². The molecule has 1 amide bonds. The van der Waals surface area contributed by atoms with Gasteiger partial charge in [-0.3, -0.25) is 4.79 Å². The first kappa shape index (κ1) is 26.4. The lowest BCUT2D eigenvalue weighted by Crippen LogP contribution is -2.25. The number of anilines is 1. The molecule has 196 valence electrons. The number of carbonyl (C=O) groups is 1. The van der Waals surface area contributed by atoms with Gasteiger partial charge in [-0.2, -0.15) is 5.26 Å². The van der Waals surface area contributed by atoms with Gasteiger partial charge in [-0.1, -0.05) is 48.9 Å². The molecule has 0 fully saturated rings. The maximum absolute atomic E-state index is 13.2. The standard InChI is InChI=1S/C32H29ClN4O2/c1-17-11-30(35)37-19(3)29(17)16-36-32(38)21-6-9-26-28(14-21)18(2)27-13-20(5-8-25(27)31(26)39-4)24-10-7-23(33)12-22(24)15-34/h5-14,18,31H,16H2,1-4H3,(H2,35,37)(H,36,38)/t18-,31+/m1/s1. The minimum Gasteiger partial charge on any atom is -0.384 e. The van der Waals surface area contributed by atoms with Gasteiger partial charge in [0.25, 0.3) is 5.91 Å². The Morgan fingerprint density at radius 1 is 1.05 bits per heavy atom. The molecule has 0 radical (unpaired) electrons. The van der Waals surface area contributed by atoms with E-state index in [2.05, 4.69) is 35.4 Å². The number of ether oxygens (including phenoxy) is 1. The Balaban J connectivity index is 1.48. The van der Waals surface area contributed by atoms with Crippen molar-refractivity contribution in [3.8, 4) is 17.2 Å². The molecule has 6 nitrogen and oxygen atoms in total. The molecule has 1 aromatic heterocycles. The van der Waals surface area contributed by atoms with E-state index >= 15 is 0 Å². The zero-order valence-electron chi connectivity index (χ0n) is 22.3. The second-order valence-corrected chi connectivity index (χ2v) is 10.4. The van der Waals surface area contributed by atoms with Crippen molar-refractivity contribution in [2.75, 3.05) is 12.8 Å². The van der Waals surface area contributed by atoms with E-state index in [1.165, 1.54) is 0 Å². The largest absolute Gasteiger partial charge is 0.384 e. The highest BCUT2D eigenvalue weighted by Gasteiger charge is 2.31. The van der Waals surface area contributed by atoms with Crippen molar-refractivity contribution in [1.29, 1.82) is 5.26 Å². The minimum absolute atomic E-state index is 0.0118. The first-order valence-electron chi connectivity index (χ1n) is 12.7. The maximum atomic E-state index is 13.2. The van der Waals surface area contributed by atoms with Crippen LogP contribution in [0.15, 0.2) is 60.7 Å². The predicted molar refractivity (Wildman–Crippen MR) is 154 cm³/mol. The second kappa shape index (κ2) is 10.5.